The fourth-order valence-electron chi connectivity index (χ4n) is 1.62. The van der Waals surface area contributed by atoms with E-state index in [2.05, 4.69) is 35.6 Å². The SMILES string of the molecule is C#Cc1ccc(-c2ccc(C#CC3=C=CC=C3)s2)s1. The first-order valence-corrected chi connectivity index (χ1v) is 7.30. The van der Waals surface area contributed by atoms with Gasteiger partial charge in [-0.1, -0.05) is 23.8 Å². The Balaban J connectivity index is 1.85. The maximum atomic E-state index is 5.39. The molecule has 0 saturated carbocycles. The Kier molecular flexibility index (Phi) is 3.23. The fourth-order valence-corrected chi connectivity index (χ4v) is 3.39. The van der Waals surface area contributed by atoms with E-state index in [1.165, 1.54) is 9.75 Å². The van der Waals surface area contributed by atoms with Crippen LogP contribution in [0.25, 0.3) is 9.75 Å². The normalized spacial score (nSPS) is 11.8. The Morgan fingerprint density at radius 3 is 2.32 bits per heavy atom. The van der Waals surface area contributed by atoms with Crippen LogP contribution in [0.5, 0.6) is 0 Å². The van der Waals surface area contributed by atoms with Crippen molar-refractivity contribution < 1.29 is 0 Å². The first kappa shape index (κ1) is 11.8. The standard InChI is InChI=1S/C17H8S2/c1-2-14-9-11-16(18-14)17-12-10-15(19-17)8-7-13-5-3-4-6-13/h1,3-5,9-12H. The second-order valence-electron chi connectivity index (χ2n) is 3.81. The van der Waals surface area contributed by atoms with Gasteiger partial charge in [-0.3, -0.25) is 0 Å². The zero-order chi connectivity index (χ0) is 13.1. The molecule has 2 heteroatoms. The van der Waals surface area contributed by atoms with Gasteiger partial charge in [-0.15, -0.1) is 34.8 Å². The number of rotatable bonds is 1. The lowest BCUT2D eigenvalue weighted by molar-refractivity contribution is 1.85. The zero-order valence-corrected chi connectivity index (χ0v) is 11.6. The summed E-state index contributed by atoms with van der Waals surface area (Å²) >= 11 is 3.32. The van der Waals surface area contributed by atoms with Gasteiger partial charge in [-0.05, 0) is 36.4 Å². The molecular weight excluding hydrogens is 268 g/mol. The first-order chi connectivity index (χ1) is 9.35. The molecule has 0 spiro atoms. The monoisotopic (exact) mass is 276 g/mol. The van der Waals surface area contributed by atoms with Crippen LogP contribution < -0.4 is 0 Å². The molecule has 0 aromatic carbocycles. The quantitative estimate of drug-likeness (QED) is 0.533. The second-order valence-corrected chi connectivity index (χ2v) is 5.97. The minimum Gasteiger partial charge on any atom is -0.126 e. The number of allylic oxidation sites excluding steroid dienone is 3. The molecule has 1 aliphatic rings. The average molecular weight is 276 g/mol. The third-order valence-electron chi connectivity index (χ3n) is 2.52. The first-order valence-electron chi connectivity index (χ1n) is 5.67. The van der Waals surface area contributed by atoms with Crippen LogP contribution in [0.2, 0.25) is 0 Å². The van der Waals surface area contributed by atoms with E-state index >= 15 is 0 Å². The van der Waals surface area contributed by atoms with Crippen LogP contribution >= 0.6 is 22.7 Å². The summed E-state index contributed by atoms with van der Waals surface area (Å²) in [5.41, 5.74) is 4.00. The van der Waals surface area contributed by atoms with E-state index < -0.39 is 0 Å². The van der Waals surface area contributed by atoms with Crippen LogP contribution in [0.15, 0.2) is 53.8 Å². The van der Waals surface area contributed by atoms with Gasteiger partial charge in [0.2, 0.25) is 0 Å². The zero-order valence-electron chi connectivity index (χ0n) is 9.94. The van der Waals surface area contributed by atoms with E-state index in [0.717, 1.165) is 15.3 Å². The Bertz CT molecular complexity index is 816. The molecule has 1 aliphatic carbocycles. The molecule has 0 bridgehead atoms. The minimum atomic E-state index is 0.931. The van der Waals surface area contributed by atoms with Gasteiger partial charge in [0.25, 0.3) is 0 Å². The van der Waals surface area contributed by atoms with Crippen LogP contribution in [-0.2, 0) is 0 Å². The van der Waals surface area contributed by atoms with E-state index in [4.69, 9.17) is 6.42 Å². The molecule has 0 fully saturated rings. The minimum absolute atomic E-state index is 0.931. The van der Waals surface area contributed by atoms with Crippen molar-refractivity contribution in [2.24, 2.45) is 0 Å². The van der Waals surface area contributed by atoms with Crippen molar-refractivity contribution in [1.29, 1.82) is 0 Å². The molecule has 0 unspecified atom stereocenters. The number of terminal acetylenes is 1. The topological polar surface area (TPSA) is 0 Å². The van der Waals surface area contributed by atoms with Crippen molar-refractivity contribution in [3.05, 3.63) is 63.6 Å². The average Bonchev–Trinajstić information content (AvgIpc) is 3.16. The van der Waals surface area contributed by atoms with Gasteiger partial charge < -0.3 is 0 Å². The van der Waals surface area contributed by atoms with Crippen molar-refractivity contribution in [2.45, 2.75) is 0 Å². The maximum absolute atomic E-state index is 5.39. The molecule has 2 aromatic rings. The predicted molar refractivity (Wildman–Crippen MR) is 83.2 cm³/mol. The Labute approximate surface area is 120 Å². The van der Waals surface area contributed by atoms with Crippen LogP contribution in [0.3, 0.4) is 0 Å². The van der Waals surface area contributed by atoms with Crippen LogP contribution in [0.4, 0.5) is 0 Å². The molecule has 2 aromatic heterocycles. The summed E-state index contributed by atoms with van der Waals surface area (Å²) in [6.45, 7) is 0. The summed E-state index contributed by atoms with van der Waals surface area (Å²) in [5.74, 6) is 8.92. The lowest BCUT2D eigenvalue weighted by atomic mass is 10.3. The summed E-state index contributed by atoms with van der Waals surface area (Å²) in [6, 6.07) is 8.18. The lowest BCUT2D eigenvalue weighted by Gasteiger charge is -1.87. The van der Waals surface area contributed by atoms with E-state index in [1.807, 2.05) is 30.4 Å². The van der Waals surface area contributed by atoms with Gasteiger partial charge in [0.15, 0.2) is 0 Å². The highest BCUT2D eigenvalue weighted by molar-refractivity contribution is 7.22. The molecule has 0 amide bonds. The molecule has 19 heavy (non-hydrogen) atoms. The molecule has 0 aliphatic heterocycles. The molecule has 0 saturated heterocycles. The van der Waals surface area contributed by atoms with Crippen molar-refractivity contribution >= 4 is 22.7 Å². The van der Waals surface area contributed by atoms with Crippen LogP contribution in [-0.4, -0.2) is 0 Å². The number of thiophene rings is 2. The van der Waals surface area contributed by atoms with Gasteiger partial charge in [0, 0.05) is 9.75 Å². The van der Waals surface area contributed by atoms with Crippen molar-refractivity contribution in [3.8, 4) is 33.9 Å². The predicted octanol–water partition coefficient (Wildman–Crippen LogP) is 4.46. The lowest BCUT2D eigenvalue weighted by Crippen LogP contribution is -1.65. The molecule has 2 heterocycles. The highest BCUT2D eigenvalue weighted by Crippen LogP contribution is 2.33. The summed E-state index contributed by atoms with van der Waals surface area (Å²) in [7, 11) is 0. The van der Waals surface area contributed by atoms with E-state index in [1.54, 1.807) is 22.7 Å². The van der Waals surface area contributed by atoms with Crippen LogP contribution in [0.1, 0.15) is 9.75 Å². The van der Waals surface area contributed by atoms with Gasteiger partial charge in [-0.25, -0.2) is 0 Å². The Morgan fingerprint density at radius 1 is 0.947 bits per heavy atom. The van der Waals surface area contributed by atoms with Gasteiger partial charge in [0.05, 0.1) is 15.3 Å². The highest BCUT2D eigenvalue weighted by Gasteiger charge is 2.04. The molecule has 88 valence electrons. The molecular formula is C17H8S2. The van der Waals surface area contributed by atoms with Crippen molar-refractivity contribution in [3.63, 3.8) is 0 Å². The molecule has 0 atom stereocenters. The molecule has 0 radical (unpaired) electrons. The molecule has 0 nitrogen and oxygen atoms in total. The largest absolute Gasteiger partial charge is 0.126 e. The maximum Gasteiger partial charge on any atom is 0.0779 e. The van der Waals surface area contributed by atoms with E-state index in [-0.39, 0.29) is 0 Å². The molecule has 3 rings (SSSR count). The second kappa shape index (κ2) is 5.19. The summed E-state index contributed by atoms with van der Waals surface area (Å²) < 4.78 is 0. The van der Waals surface area contributed by atoms with E-state index in [0.29, 0.717) is 0 Å². The van der Waals surface area contributed by atoms with Gasteiger partial charge in [0.1, 0.15) is 0 Å². The summed E-state index contributed by atoms with van der Waals surface area (Å²) in [4.78, 5) is 4.43. The third-order valence-corrected chi connectivity index (χ3v) is 4.73. The van der Waals surface area contributed by atoms with E-state index in [9.17, 15) is 0 Å². The Morgan fingerprint density at radius 2 is 1.68 bits per heavy atom. The smallest absolute Gasteiger partial charge is 0.0779 e. The van der Waals surface area contributed by atoms with Crippen molar-refractivity contribution in [2.75, 3.05) is 0 Å². The molecule has 0 N–H and O–H groups in total. The summed E-state index contributed by atoms with van der Waals surface area (Å²) in [6.07, 6.45) is 11.2. The number of hydrogen-bond donors (Lipinski definition) is 0. The van der Waals surface area contributed by atoms with Crippen LogP contribution in [0, 0.1) is 24.2 Å². The number of hydrogen-bond acceptors (Lipinski definition) is 2. The fraction of sp³-hybridized carbons (Fsp3) is 0. The highest BCUT2D eigenvalue weighted by atomic mass is 32.1. The Hall–Kier alpha value is -2.22. The van der Waals surface area contributed by atoms with Gasteiger partial charge in [-0.2, -0.15) is 0 Å². The third kappa shape index (κ3) is 2.63. The van der Waals surface area contributed by atoms with Gasteiger partial charge >= 0.3 is 0 Å². The summed E-state index contributed by atoms with van der Waals surface area (Å²) in [5, 5.41) is 0. The van der Waals surface area contributed by atoms with Crippen molar-refractivity contribution in [1.82, 2.24) is 0 Å².